The van der Waals surface area contributed by atoms with Crippen LogP contribution in [-0.4, -0.2) is 12.0 Å². The van der Waals surface area contributed by atoms with Gasteiger partial charge < -0.3 is 0 Å². The van der Waals surface area contributed by atoms with E-state index >= 15 is 0 Å². The number of halogens is 3. The van der Waals surface area contributed by atoms with Gasteiger partial charge in [-0.05, 0) is 23.6 Å². The lowest BCUT2D eigenvalue weighted by atomic mass is 9.99. The fraction of sp³-hybridized carbons (Fsp3) is 0.188. The van der Waals surface area contributed by atoms with E-state index in [0.717, 1.165) is 16.7 Å². The number of hydrogen-bond donors (Lipinski definition) is 0. The third-order valence-corrected chi connectivity index (χ3v) is 2.96. The van der Waals surface area contributed by atoms with E-state index < -0.39 is 18.4 Å². The largest absolute Gasteiger partial charge is 0.450 e. The Balaban J connectivity index is 2.27. The van der Waals surface area contributed by atoms with Crippen LogP contribution in [0.3, 0.4) is 0 Å². The highest BCUT2D eigenvalue weighted by molar-refractivity contribution is 5.86. The Morgan fingerprint density at radius 1 is 1.00 bits per heavy atom. The number of hydrogen-bond acceptors (Lipinski definition) is 1. The molecule has 0 bridgehead atoms. The van der Waals surface area contributed by atoms with Crippen molar-refractivity contribution >= 4 is 5.78 Å². The van der Waals surface area contributed by atoms with Crippen LogP contribution in [0.2, 0.25) is 0 Å². The van der Waals surface area contributed by atoms with Crippen molar-refractivity contribution in [1.29, 1.82) is 0 Å². The van der Waals surface area contributed by atoms with Gasteiger partial charge >= 0.3 is 6.18 Å². The summed E-state index contributed by atoms with van der Waals surface area (Å²) in [5, 5.41) is 0. The molecule has 2 rings (SSSR count). The van der Waals surface area contributed by atoms with Crippen LogP contribution >= 0.6 is 0 Å². The molecule has 0 radical (unpaired) electrons. The van der Waals surface area contributed by atoms with Crippen LogP contribution in [0.4, 0.5) is 13.2 Å². The van der Waals surface area contributed by atoms with Gasteiger partial charge in [0.2, 0.25) is 5.78 Å². The summed E-state index contributed by atoms with van der Waals surface area (Å²) in [6.07, 6.45) is -5.40. The van der Waals surface area contributed by atoms with E-state index in [1.807, 2.05) is 37.3 Å². The van der Waals surface area contributed by atoms with Gasteiger partial charge in [0.05, 0.1) is 0 Å². The average Bonchev–Trinajstić information content (AvgIpc) is 2.38. The SMILES string of the molecule is Cc1cccc(-c2cccc(CC(=O)C(F)(F)F)c2)c1. The van der Waals surface area contributed by atoms with Gasteiger partial charge in [-0.3, -0.25) is 4.79 Å². The number of carbonyl (C=O) groups is 1. The number of Topliss-reactive ketones (excluding diaryl/α,β-unsaturated/α-hetero) is 1. The summed E-state index contributed by atoms with van der Waals surface area (Å²) in [5.74, 6) is -1.72. The second kappa shape index (κ2) is 5.49. The van der Waals surface area contributed by atoms with Gasteiger partial charge in [0, 0.05) is 6.42 Å². The normalized spacial score (nSPS) is 11.4. The molecule has 0 N–H and O–H groups in total. The highest BCUT2D eigenvalue weighted by Gasteiger charge is 2.37. The summed E-state index contributed by atoms with van der Waals surface area (Å²) in [6.45, 7) is 1.94. The van der Waals surface area contributed by atoms with Crippen LogP contribution in [0.1, 0.15) is 11.1 Å². The fourth-order valence-electron chi connectivity index (χ4n) is 1.97. The first-order chi connectivity index (χ1) is 9.36. The third-order valence-electron chi connectivity index (χ3n) is 2.96. The minimum Gasteiger partial charge on any atom is -0.289 e. The zero-order valence-corrected chi connectivity index (χ0v) is 10.9. The summed E-state index contributed by atoms with van der Waals surface area (Å²) in [5.41, 5.74) is 3.16. The van der Waals surface area contributed by atoms with E-state index in [0.29, 0.717) is 5.56 Å². The summed E-state index contributed by atoms with van der Waals surface area (Å²) in [4.78, 5) is 11.0. The van der Waals surface area contributed by atoms with Crippen molar-refractivity contribution in [2.45, 2.75) is 19.5 Å². The summed E-state index contributed by atoms with van der Waals surface area (Å²) < 4.78 is 36.8. The minimum absolute atomic E-state index is 0.367. The summed E-state index contributed by atoms with van der Waals surface area (Å²) in [6, 6.07) is 14.3. The van der Waals surface area contributed by atoms with Crippen LogP contribution < -0.4 is 0 Å². The Bertz CT molecular complexity index is 630. The molecule has 0 atom stereocenters. The zero-order chi connectivity index (χ0) is 14.8. The number of alkyl halides is 3. The summed E-state index contributed by atoms with van der Waals surface area (Å²) >= 11 is 0. The maximum Gasteiger partial charge on any atom is 0.450 e. The van der Waals surface area contributed by atoms with Crippen LogP contribution in [0, 0.1) is 6.92 Å². The van der Waals surface area contributed by atoms with Crippen molar-refractivity contribution in [3.05, 3.63) is 59.7 Å². The van der Waals surface area contributed by atoms with Crippen LogP contribution in [0.5, 0.6) is 0 Å². The first kappa shape index (κ1) is 14.3. The van der Waals surface area contributed by atoms with Crippen molar-refractivity contribution in [2.24, 2.45) is 0 Å². The molecule has 0 fully saturated rings. The molecule has 2 aromatic rings. The molecule has 0 unspecified atom stereocenters. The topological polar surface area (TPSA) is 17.1 Å². The molecule has 0 saturated heterocycles. The average molecular weight is 278 g/mol. The molecule has 104 valence electrons. The van der Waals surface area contributed by atoms with Gasteiger partial charge in [-0.15, -0.1) is 0 Å². The van der Waals surface area contributed by atoms with Crippen LogP contribution in [-0.2, 0) is 11.2 Å². The fourth-order valence-corrected chi connectivity index (χ4v) is 1.97. The van der Waals surface area contributed by atoms with Gasteiger partial charge in [0.1, 0.15) is 0 Å². The monoisotopic (exact) mass is 278 g/mol. The molecule has 0 aliphatic carbocycles. The number of ketones is 1. The molecule has 0 aromatic heterocycles. The lowest BCUT2D eigenvalue weighted by Gasteiger charge is -2.08. The lowest BCUT2D eigenvalue weighted by Crippen LogP contribution is -2.24. The smallest absolute Gasteiger partial charge is 0.289 e. The van der Waals surface area contributed by atoms with Crippen molar-refractivity contribution in [1.82, 2.24) is 0 Å². The molecule has 2 aromatic carbocycles. The molecular weight excluding hydrogens is 265 g/mol. The van der Waals surface area contributed by atoms with E-state index in [4.69, 9.17) is 0 Å². The molecule has 20 heavy (non-hydrogen) atoms. The minimum atomic E-state index is -4.78. The number of benzene rings is 2. The van der Waals surface area contributed by atoms with E-state index in [9.17, 15) is 18.0 Å². The predicted octanol–water partition coefficient (Wildman–Crippen LogP) is 4.34. The summed E-state index contributed by atoms with van der Waals surface area (Å²) in [7, 11) is 0. The van der Waals surface area contributed by atoms with Gasteiger partial charge in [0.15, 0.2) is 0 Å². The van der Waals surface area contributed by atoms with Crippen molar-refractivity contribution in [3.8, 4) is 11.1 Å². The molecule has 0 heterocycles. The quantitative estimate of drug-likeness (QED) is 0.816. The van der Waals surface area contributed by atoms with Crippen LogP contribution in [0.15, 0.2) is 48.5 Å². The third kappa shape index (κ3) is 3.47. The number of carbonyl (C=O) groups excluding carboxylic acids is 1. The van der Waals surface area contributed by atoms with E-state index in [-0.39, 0.29) is 0 Å². The van der Waals surface area contributed by atoms with E-state index in [2.05, 4.69) is 0 Å². The zero-order valence-electron chi connectivity index (χ0n) is 10.9. The van der Waals surface area contributed by atoms with Crippen molar-refractivity contribution < 1.29 is 18.0 Å². The Morgan fingerprint density at radius 3 is 2.20 bits per heavy atom. The van der Waals surface area contributed by atoms with Crippen molar-refractivity contribution in [3.63, 3.8) is 0 Å². The van der Waals surface area contributed by atoms with Crippen molar-refractivity contribution in [2.75, 3.05) is 0 Å². The molecule has 4 heteroatoms. The maximum absolute atomic E-state index is 12.3. The van der Waals surface area contributed by atoms with E-state index in [1.54, 1.807) is 12.1 Å². The Hall–Kier alpha value is -2.10. The highest BCUT2D eigenvalue weighted by atomic mass is 19.4. The Morgan fingerprint density at radius 2 is 1.60 bits per heavy atom. The molecule has 0 aliphatic rings. The van der Waals surface area contributed by atoms with Gasteiger partial charge in [0.25, 0.3) is 0 Å². The Kier molecular flexibility index (Phi) is 3.93. The number of aryl methyl sites for hydroxylation is 1. The lowest BCUT2D eigenvalue weighted by molar-refractivity contribution is -0.170. The molecule has 0 amide bonds. The molecular formula is C16H13F3O. The van der Waals surface area contributed by atoms with Crippen LogP contribution in [0.25, 0.3) is 11.1 Å². The Labute approximate surface area is 115 Å². The van der Waals surface area contributed by atoms with Gasteiger partial charge in [-0.25, -0.2) is 0 Å². The predicted molar refractivity (Wildman–Crippen MR) is 71.4 cm³/mol. The molecule has 0 saturated carbocycles. The molecule has 1 nitrogen and oxygen atoms in total. The maximum atomic E-state index is 12.3. The standard InChI is InChI=1S/C16H13F3O/c1-11-4-2-6-13(8-11)14-7-3-5-12(9-14)10-15(20)16(17,18)19/h2-9H,10H2,1H3. The molecule has 0 spiro atoms. The molecule has 0 aliphatic heterocycles. The second-order valence-electron chi connectivity index (χ2n) is 4.67. The van der Waals surface area contributed by atoms with Gasteiger partial charge in [-0.2, -0.15) is 13.2 Å². The first-order valence-corrected chi connectivity index (χ1v) is 6.12. The van der Waals surface area contributed by atoms with Gasteiger partial charge in [-0.1, -0.05) is 54.1 Å². The second-order valence-corrected chi connectivity index (χ2v) is 4.67. The number of rotatable bonds is 3. The highest BCUT2D eigenvalue weighted by Crippen LogP contribution is 2.23. The van der Waals surface area contributed by atoms with E-state index in [1.165, 1.54) is 6.07 Å². The first-order valence-electron chi connectivity index (χ1n) is 6.12.